The monoisotopic (exact) mass is 370 g/mol. The van der Waals surface area contributed by atoms with Crippen molar-refractivity contribution in [2.45, 2.75) is 0 Å². The third-order valence-electron chi connectivity index (χ3n) is 3.53. The van der Waals surface area contributed by atoms with Gasteiger partial charge in [0.15, 0.2) is 0 Å². The number of rotatable bonds is 1. The summed E-state index contributed by atoms with van der Waals surface area (Å²) >= 11 is 2.34. The summed E-state index contributed by atoms with van der Waals surface area (Å²) in [5, 5.41) is 2.35. The predicted molar refractivity (Wildman–Crippen MR) is 91.9 cm³/mol. The van der Waals surface area contributed by atoms with Gasteiger partial charge in [-0.25, -0.2) is 0 Å². The van der Waals surface area contributed by atoms with Gasteiger partial charge in [-0.3, -0.25) is 0 Å². The lowest BCUT2D eigenvalue weighted by Crippen LogP contribution is -1.79. The first-order valence-electron chi connectivity index (χ1n) is 6.48. The fraction of sp³-hybridized carbons (Fsp3) is 0. The Kier molecular flexibility index (Phi) is 2.77. The number of furan rings is 1. The molecule has 0 saturated heterocycles. The number of hydrogen-bond acceptors (Lipinski definition) is 1. The Morgan fingerprint density at radius 1 is 0.650 bits per heavy atom. The van der Waals surface area contributed by atoms with Gasteiger partial charge >= 0.3 is 0 Å². The molecule has 0 atom stereocenters. The third-order valence-corrected chi connectivity index (χ3v) is 4.21. The van der Waals surface area contributed by atoms with Crippen molar-refractivity contribution in [2.24, 2.45) is 0 Å². The van der Waals surface area contributed by atoms with Crippen molar-refractivity contribution in [2.75, 3.05) is 0 Å². The molecule has 2 heteroatoms. The van der Waals surface area contributed by atoms with Crippen molar-refractivity contribution >= 4 is 44.5 Å². The van der Waals surface area contributed by atoms with E-state index in [-0.39, 0.29) is 0 Å². The molecule has 0 unspecified atom stereocenters. The molecule has 0 aliphatic heterocycles. The second-order valence-corrected chi connectivity index (χ2v) is 6.07. The molecule has 96 valence electrons. The molecule has 0 aliphatic carbocycles. The van der Waals surface area contributed by atoms with Gasteiger partial charge in [-0.15, -0.1) is 0 Å². The fourth-order valence-electron chi connectivity index (χ4n) is 2.57. The van der Waals surface area contributed by atoms with Crippen LogP contribution in [0.1, 0.15) is 0 Å². The summed E-state index contributed by atoms with van der Waals surface area (Å²) in [6.07, 6.45) is 0. The number of fused-ring (bicyclic) bond motifs is 3. The van der Waals surface area contributed by atoms with Crippen LogP contribution in [0.15, 0.2) is 71.1 Å². The normalized spacial score (nSPS) is 11.2. The van der Waals surface area contributed by atoms with Crippen LogP contribution in [0.4, 0.5) is 0 Å². The summed E-state index contributed by atoms with van der Waals surface area (Å²) in [6.45, 7) is 0. The highest BCUT2D eigenvalue weighted by molar-refractivity contribution is 14.1. The van der Waals surface area contributed by atoms with Gasteiger partial charge in [-0.1, -0.05) is 36.4 Å². The quantitative estimate of drug-likeness (QED) is 0.383. The standard InChI is InChI=1S/C18H11IO/c19-14-5-3-4-12(10-14)13-8-9-18-16(11-13)15-6-1-2-7-17(15)20-18/h1-11H. The molecule has 3 aromatic carbocycles. The van der Waals surface area contributed by atoms with Crippen LogP contribution in [0.25, 0.3) is 33.1 Å². The molecule has 0 N–H and O–H groups in total. The Morgan fingerprint density at radius 3 is 2.35 bits per heavy atom. The molecule has 0 radical (unpaired) electrons. The zero-order chi connectivity index (χ0) is 13.5. The average Bonchev–Trinajstić information content (AvgIpc) is 2.85. The third kappa shape index (κ3) is 1.91. The van der Waals surface area contributed by atoms with Crippen LogP contribution in [0.3, 0.4) is 0 Å². The van der Waals surface area contributed by atoms with Gasteiger partial charge < -0.3 is 4.42 Å². The molecule has 0 spiro atoms. The molecule has 1 nitrogen and oxygen atoms in total. The van der Waals surface area contributed by atoms with Crippen molar-refractivity contribution < 1.29 is 4.42 Å². The largest absolute Gasteiger partial charge is 0.456 e. The van der Waals surface area contributed by atoms with Crippen LogP contribution in [-0.2, 0) is 0 Å². The van der Waals surface area contributed by atoms with Crippen LogP contribution >= 0.6 is 22.6 Å². The van der Waals surface area contributed by atoms with Crippen molar-refractivity contribution in [3.8, 4) is 11.1 Å². The Hall–Kier alpha value is -1.81. The second-order valence-electron chi connectivity index (χ2n) is 4.82. The van der Waals surface area contributed by atoms with Crippen LogP contribution in [0, 0.1) is 3.57 Å². The smallest absolute Gasteiger partial charge is 0.135 e. The van der Waals surface area contributed by atoms with E-state index in [4.69, 9.17) is 4.42 Å². The van der Waals surface area contributed by atoms with E-state index in [1.807, 2.05) is 12.1 Å². The van der Waals surface area contributed by atoms with E-state index < -0.39 is 0 Å². The maximum absolute atomic E-state index is 5.87. The highest BCUT2D eigenvalue weighted by Gasteiger charge is 2.07. The summed E-state index contributed by atoms with van der Waals surface area (Å²) in [5.74, 6) is 0. The van der Waals surface area contributed by atoms with Gasteiger partial charge in [-0.2, -0.15) is 0 Å². The summed E-state index contributed by atoms with van der Waals surface area (Å²) in [6, 6.07) is 23.1. The number of halogens is 1. The first kappa shape index (κ1) is 12.0. The summed E-state index contributed by atoms with van der Waals surface area (Å²) in [5.41, 5.74) is 4.36. The van der Waals surface area contributed by atoms with E-state index in [1.54, 1.807) is 0 Å². The Labute approximate surface area is 130 Å². The minimum Gasteiger partial charge on any atom is -0.456 e. The molecule has 0 aliphatic rings. The average molecular weight is 370 g/mol. The molecule has 1 aromatic heterocycles. The van der Waals surface area contributed by atoms with Crippen molar-refractivity contribution in [1.29, 1.82) is 0 Å². The Morgan fingerprint density at radius 2 is 1.45 bits per heavy atom. The molecular weight excluding hydrogens is 359 g/mol. The minimum absolute atomic E-state index is 0.945. The van der Waals surface area contributed by atoms with Gasteiger partial charge in [0.25, 0.3) is 0 Å². The number of hydrogen-bond donors (Lipinski definition) is 0. The zero-order valence-electron chi connectivity index (χ0n) is 10.6. The fourth-order valence-corrected chi connectivity index (χ4v) is 3.12. The van der Waals surface area contributed by atoms with E-state index in [9.17, 15) is 0 Å². The number of para-hydroxylation sites is 1. The van der Waals surface area contributed by atoms with Crippen LogP contribution in [0.5, 0.6) is 0 Å². The number of benzene rings is 3. The predicted octanol–water partition coefficient (Wildman–Crippen LogP) is 5.86. The maximum atomic E-state index is 5.87. The molecule has 0 fully saturated rings. The van der Waals surface area contributed by atoms with Gasteiger partial charge in [0.1, 0.15) is 11.2 Å². The molecule has 1 heterocycles. The highest BCUT2D eigenvalue weighted by Crippen LogP contribution is 2.32. The second kappa shape index (κ2) is 4.63. The van der Waals surface area contributed by atoms with Gasteiger partial charge in [0, 0.05) is 14.3 Å². The lowest BCUT2D eigenvalue weighted by molar-refractivity contribution is 0.669. The first-order chi connectivity index (χ1) is 9.81. The van der Waals surface area contributed by atoms with Crippen molar-refractivity contribution in [3.63, 3.8) is 0 Å². The molecular formula is C18H11IO. The molecule has 4 rings (SSSR count). The Balaban J connectivity index is 2.00. The van der Waals surface area contributed by atoms with Crippen LogP contribution in [-0.4, -0.2) is 0 Å². The van der Waals surface area contributed by atoms with Crippen LogP contribution < -0.4 is 0 Å². The lowest BCUT2D eigenvalue weighted by atomic mass is 10.0. The lowest BCUT2D eigenvalue weighted by Gasteiger charge is -2.02. The SMILES string of the molecule is Ic1cccc(-c2ccc3oc4ccccc4c3c2)c1. The molecule has 0 amide bonds. The maximum Gasteiger partial charge on any atom is 0.135 e. The Bertz CT molecular complexity index is 921. The molecule has 0 bridgehead atoms. The van der Waals surface area contributed by atoms with E-state index >= 15 is 0 Å². The summed E-state index contributed by atoms with van der Waals surface area (Å²) < 4.78 is 7.11. The van der Waals surface area contributed by atoms with E-state index in [0.717, 1.165) is 11.2 Å². The molecule has 4 aromatic rings. The van der Waals surface area contributed by atoms with Crippen molar-refractivity contribution in [1.82, 2.24) is 0 Å². The topological polar surface area (TPSA) is 13.1 Å². The summed E-state index contributed by atoms with van der Waals surface area (Å²) in [7, 11) is 0. The van der Waals surface area contributed by atoms with E-state index in [1.165, 1.54) is 25.5 Å². The van der Waals surface area contributed by atoms with Crippen molar-refractivity contribution in [3.05, 3.63) is 70.3 Å². The summed E-state index contributed by atoms with van der Waals surface area (Å²) in [4.78, 5) is 0. The van der Waals surface area contributed by atoms with E-state index in [2.05, 4.69) is 77.2 Å². The zero-order valence-corrected chi connectivity index (χ0v) is 12.8. The van der Waals surface area contributed by atoms with Crippen LogP contribution in [0.2, 0.25) is 0 Å². The van der Waals surface area contributed by atoms with E-state index in [0.29, 0.717) is 0 Å². The minimum atomic E-state index is 0.945. The van der Waals surface area contributed by atoms with Gasteiger partial charge in [0.05, 0.1) is 0 Å². The van der Waals surface area contributed by atoms with Gasteiger partial charge in [-0.05, 0) is 64.0 Å². The first-order valence-corrected chi connectivity index (χ1v) is 7.56. The molecule has 0 saturated carbocycles. The van der Waals surface area contributed by atoms with Gasteiger partial charge in [0.2, 0.25) is 0 Å². The molecule has 20 heavy (non-hydrogen) atoms. The highest BCUT2D eigenvalue weighted by atomic mass is 127.